The molecule has 5 aliphatic rings. The van der Waals surface area contributed by atoms with Crippen molar-refractivity contribution in [1.82, 2.24) is 9.80 Å². The smallest absolute Gasteiger partial charge is 0.258 e. The fourth-order valence-corrected chi connectivity index (χ4v) is 7.74. The van der Waals surface area contributed by atoms with Gasteiger partial charge in [-0.05, 0) is 65.3 Å². The van der Waals surface area contributed by atoms with Crippen LogP contribution >= 0.6 is 0 Å². The summed E-state index contributed by atoms with van der Waals surface area (Å²) in [5, 5.41) is 0. The molecule has 7 rings (SSSR count). The van der Waals surface area contributed by atoms with E-state index in [0.29, 0.717) is 48.8 Å². The zero-order valence-electron chi connectivity index (χ0n) is 19.4. The normalized spacial score (nSPS) is 34.6. The Morgan fingerprint density at radius 1 is 0.971 bits per heavy atom. The van der Waals surface area contributed by atoms with Crippen LogP contribution in [0.3, 0.4) is 0 Å². The van der Waals surface area contributed by atoms with E-state index in [1.54, 1.807) is 14.2 Å². The first-order chi connectivity index (χ1) is 16.6. The topological polar surface area (TPSA) is 59.1 Å². The third kappa shape index (κ3) is 2.26. The Balaban J connectivity index is 1.46. The molecule has 6 nitrogen and oxygen atoms in total. The second-order valence-electron chi connectivity index (χ2n) is 10.3. The summed E-state index contributed by atoms with van der Waals surface area (Å²) in [6.45, 7) is 1.17. The van der Waals surface area contributed by atoms with Crippen LogP contribution in [0.4, 0.5) is 0 Å². The second kappa shape index (κ2) is 6.87. The van der Waals surface area contributed by atoms with Gasteiger partial charge in [-0.1, -0.05) is 42.5 Å². The molecule has 0 spiro atoms. The quantitative estimate of drug-likeness (QED) is 0.667. The van der Waals surface area contributed by atoms with Gasteiger partial charge in [0.15, 0.2) is 17.0 Å². The summed E-state index contributed by atoms with van der Waals surface area (Å²) in [7, 11) is 3.23. The molecule has 3 aliphatic heterocycles. The van der Waals surface area contributed by atoms with Gasteiger partial charge in [0, 0.05) is 13.1 Å². The molecule has 0 radical (unpaired) electrons. The van der Waals surface area contributed by atoms with Crippen LogP contribution in [0.15, 0.2) is 54.6 Å². The van der Waals surface area contributed by atoms with Gasteiger partial charge < -0.3 is 19.3 Å². The number of fused-ring (bicyclic) bond motifs is 10. The Morgan fingerprint density at radius 3 is 2.47 bits per heavy atom. The Hall–Kier alpha value is -3.28. The number of rotatable bonds is 3. The molecule has 2 saturated heterocycles. The van der Waals surface area contributed by atoms with Gasteiger partial charge in [-0.25, -0.2) is 0 Å². The fourth-order valence-electron chi connectivity index (χ4n) is 7.74. The molecule has 2 aromatic carbocycles. The number of hydrogen-bond acceptors (Lipinski definition) is 4. The van der Waals surface area contributed by atoms with E-state index in [1.165, 1.54) is 0 Å². The maximum atomic E-state index is 14.7. The summed E-state index contributed by atoms with van der Waals surface area (Å²) in [6, 6.07) is 13.3. The highest BCUT2D eigenvalue weighted by atomic mass is 16.5. The van der Waals surface area contributed by atoms with Crippen molar-refractivity contribution in [1.29, 1.82) is 0 Å². The number of carbonyl (C=O) groups is 2. The highest BCUT2D eigenvalue weighted by molar-refractivity contribution is 6.04. The molecule has 174 valence electrons. The lowest BCUT2D eigenvalue weighted by Gasteiger charge is -2.54. The first-order valence-corrected chi connectivity index (χ1v) is 12.2. The van der Waals surface area contributed by atoms with E-state index in [2.05, 4.69) is 12.2 Å². The first kappa shape index (κ1) is 20.1. The number of benzene rings is 2. The van der Waals surface area contributed by atoms with Crippen molar-refractivity contribution in [3.8, 4) is 11.5 Å². The van der Waals surface area contributed by atoms with Crippen molar-refractivity contribution in [3.63, 3.8) is 0 Å². The zero-order valence-corrected chi connectivity index (χ0v) is 19.4. The predicted octanol–water partition coefficient (Wildman–Crippen LogP) is 2.99. The van der Waals surface area contributed by atoms with Crippen molar-refractivity contribution in [3.05, 3.63) is 71.3 Å². The van der Waals surface area contributed by atoms with Crippen LogP contribution in [-0.2, 0) is 21.5 Å². The Morgan fingerprint density at radius 2 is 1.71 bits per heavy atom. The highest BCUT2D eigenvalue weighted by Gasteiger charge is 2.67. The molecule has 2 aliphatic carbocycles. The summed E-state index contributed by atoms with van der Waals surface area (Å²) in [5.74, 6) is 2.85. The van der Waals surface area contributed by atoms with Crippen molar-refractivity contribution < 1.29 is 19.1 Å². The van der Waals surface area contributed by atoms with Gasteiger partial charge in [0.2, 0.25) is 5.91 Å². The molecule has 0 aromatic heterocycles. The molecule has 2 aromatic rings. The third-order valence-corrected chi connectivity index (χ3v) is 9.09. The van der Waals surface area contributed by atoms with Crippen LogP contribution in [-0.4, -0.2) is 55.0 Å². The van der Waals surface area contributed by atoms with Crippen molar-refractivity contribution in [2.75, 3.05) is 27.3 Å². The molecule has 2 bridgehead atoms. The van der Waals surface area contributed by atoms with Gasteiger partial charge in [0.05, 0.1) is 14.2 Å². The summed E-state index contributed by atoms with van der Waals surface area (Å²) in [6.07, 6.45) is 6.40. The van der Waals surface area contributed by atoms with Crippen molar-refractivity contribution in [2.45, 2.75) is 24.4 Å². The molecule has 3 fully saturated rings. The zero-order chi connectivity index (χ0) is 23.2. The van der Waals surface area contributed by atoms with Gasteiger partial charge in [-0.3, -0.25) is 9.59 Å². The highest BCUT2D eigenvalue weighted by Crippen LogP contribution is 2.58. The van der Waals surface area contributed by atoms with Crippen LogP contribution in [0, 0.1) is 23.7 Å². The van der Waals surface area contributed by atoms with Crippen molar-refractivity contribution in [2.24, 2.45) is 23.7 Å². The second-order valence-corrected chi connectivity index (χ2v) is 10.3. The van der Waals surface area contributed by atoms with Crippen LogP contribution < -0.4 is 9.47 Å². The van der Waals surface area contributed by atoms with Gasteiger partial charge in [-0.2, -0.15) is 0 Å². The van der Waals surface area contributed by atoms with Gasteiger partial charge in [0.25, 0.3) is 5.91 Å². The molecule has 0 unspecified atom stereocenters. The van der Waals surface area contributed by atoms with Crippen molar-refractivity contribution >= 4 is 11.8 Å². The molecule has 3 heterocycles. The van der Waals surface area contributed by atoms with E-state index in [4.69, 9.17) is 9.47 Å². The largest absolute Gasteiger partial charge is 0.493 e. The molecular formula is C28H28N2O4. The van der Waals surface area contributed by atoms with Gasteiger partial charge in [-0.15, -0.1) is 0 Å². The van der Waals surface area contributed by atoms with E-state index in [1.807, 2.05) is 52.3 Å². The van der Waals surface area contributed by atoms with Crippen LogP contribution in [0.5, 0.6) is 11.5 Å². The minimum Gasteiger partial charge on any atom is -0.493 e. The summed E-state index contributed by atoms with van der Waals surface area (Å²) < 4.78 is 11.2. The first-order valence-electron chi connectivity index (χ1n) is 12.2. The lowest BCUT2D eigenvalue weighted by molar-refractivity contribution is -0.169. The number of ether oxygens (including phenoxy) is 2. The molecular weight excluding hydrogens is 428 g/mol. The number of methoxy groups -OCH3 is 2. The standard InChI is InChI=1S/C28H28N2O4/c1-33-22-13-17-10-11-30-26(31)25-24-18-9-8-16(12-18)20(24)15-29(25)27(32)28(30,19-6-4-3-5-7-19)21(17)14-23(22)34-2/h3-9,13-14,16,18,20,24-25H,10-12,15H2,1-2H3/t16-,18+,20-,24+,25+,28+/m1/s1. The molecule has 34 heavy (non-hydrogen) atoms. The maximum Gasteiger partial charge on any atom is 0.258 e. The van der Waals surface area contributed by atoms with Crippen LogP contribution in [0.2, 0.25) is 0 Å². The lowest BCUT2D eigenvalue weighted by atomic mass is 9.71. The lowest BCUT2D eigenvalue weighted by Crippen LogP contribution is -2.71. The van der Waals surface area contributed by atoms with E-state index >= 15 is 0 Å². The Labute approximate surface area is 199 Å². The monoisotopic (exact) mass is 456 g/mol. The molecule has 1 saturated carbocycles. The Bertz CT molecular complexity index is 1240. The summed E-state index contributed by atoms with van der Waals surface area (Å²) in [4.78, 5) is 32.9. The maximum absolute atomic E-state index is 14.7. The number of carbonyl (C=O) groups excluding carboxylic acids is 2. The number of nitrogens with zero attached hydrogens (tertiary/aromatic N) is 2. The molecule has 6 heteroatoms. The van der Waals surface area contributed by atoms with Gasteiger partial charge >= 0.3 is 0 Å². The number of amides is 2. The Kier molecular flexibility index (Phi) is 4.07. The molecule has 0 N–H and O–H groups in total. The molecule has 6 atom stereocenters. The van der Waals surface area contributed by atoms with Crippen LogP contribution in [0.25, 0.3) is 0 Å². The average molecular weight is 457 g/mol. The van der Waals surface area contributed by atoms with E-state index in [0.717, 1.165) is 23.1 Å². The third-order valence-electron chi connectivity index (χ3n) is 9.09. The van der Waals surface area contributed by atoms with Gasteiger partial charge in [0.1, 0.15) is 6.04 Å². The summed E-state index contributed by atoms with van der Waals surface area (Å²) >= 11 is 0. The predicted molar refractivity (Wildman–Crippen MR) is 125 cm³/mol. The van der Waals surface area contributed by atoms with E-state index < -0.39 is 5.54 Å². The number of hydrogen-bond donors (Lipinski definition) is 0. The number of piperazine rings is 1. The number of allylic oxidation sites excluding steroid dienone is 2. The molecule has 2 amide bonds. The SMILES string of the molecule is COc1cc2c(cc1OC)[C@@]1(c3ccccc3)C(=O)N3C[C@H]4[C@@H]([C@H]3C(=O)N1CC2)[C@H]1C=C[C@@H]4C1. The summed E-state index contributed by atoms with van der Waals surface area (Å²) in [5.41, 5.74) is 1.50. The minimum absolute atomic E-state index is 0.0188. The fraction of sp³-hybridized carbons (Fsp3) is 0.429. The minimum atomic E-state index is -1.19. The van der Waals surface area contributed by atoms with E-state index in [-0.39, 0.29) is 23.8 Å². The van der Waals surface area contributed by atoms with E-state index in [9.17, 15) is 9.59 Å². The van der Waals surface area contributed by atoms with Crippen LogP contribution in [0.1, 0.15) is 23.1 Å². The average Bonchev–Trinajstić information content (AvgIpc) is 3.59.